The lowest BCUT2D eigenvalue weighted by atomic mass is 10.2. The van der Waals surface area contributed by atoms with E-state index in [2.05, 4.69) is 15.3 Å². The van der Waals surface area contributed by atoms with E-state index in [-0.39, 0.29) is 35.7 Å². The van der Waals surface area contributed by atoms with Crippen LogP contribution in [0.2, 0.25) is 0 Å². The van der Waals surface area contributed by atoms with Crippen LogP contribution in [0.3, 0.4) is 0 Å². The van der Waals surface area contributed by atoms with Crippen LogP contribution in [-0.4, -0.2) is 21.6 Å². The summed E-state index contributed by atoms with van der Waals surface area (Å²) >= 11 is 1.11. The van der Waals surface area contributed by atoms with Crippen molar-refractivity contribution in [1.29, 1.82) is 0 Å². The summed E-state index contributed by atoms with van der Waals surface area (Å²) in [5, 5.41) is 2.95. The van der Waals surface area contributed by atoms with Crippen molar-refractivity contribution in [2.75, 3.05) is 17.2 Å². The first-order valence-electron chi connectivity index (χ1n) is 6.07. The molecule has 8 heteroatoms. The Morgan fingerprint density at radius 3 is 2.57 bits per heavy atom. The second-order valence-corrected chi connectivity index (χ2v) is 5.10. The van der Waals surface area contributed by atoms with Crippen LogP contribution in [0.4, 0.5) is 16.0 Å². The van der Waals surface area contributed by atoms with Crippen LogP contribution in [0.1, 0.15) is 5.56 Å². The Balaban J connectivity index is 1.84. The third-order valence-corrected chi connectivity index (χ3v) is 3.36. The predicted octanol–water partition coefficient (Wildman–Crippen LogP) is 1.19. The minimum absolute atomic E-state index is 0.0946. The number of hydrogen-bond donors (Lipinski definition) is 3. The van der Waals surface area contributed by atoms with Gasteiger partial charge in [0.15, 0.2) is 5.16 Å². The van der Waals surface area contributed by atoms with Crippen LogP contribution in [0.5, 0.6) is 0 Å². The molecule has 0 bridgehead atoms. The molecule has 1 aromatic heterocycles. The Kier molecular flexibility index (Phi) is 4.94. The fourth-order valence-corrected chi connectivity index (χ4v) is 2.25. The zero-order valence-electron chi connectivity index (χ0n) is 11.0. The van der Waals surface area contributed by atoms with Crippen LogP contribution in [0, 0.1) is 5.82 Å². The van der Waals surface area contributed by atoms with Crippen molar-refractivity contribution in [2.45, 2.75) is 11.7 Å². The Labute approximate surface area is 125 Å². The zero-order chi connectivity index (χ0) is 15.2. The van der Waals surface area contributed by atoms with E-state index in [1.165, 1.54) is 12.1 Å². The molecular weight excluding hydrogens is 293 g/mol. The van der Waals surface area contributed by atoms with Gasteiger partial charge in [-0.05, 0) is 6.07 Å². The highest BCUT2D eigenvalue weighted by Crippen LogP contribution is 2.16. The molecule has 1 aromatic carbocycles. The SMILES string of the molecule is Nc1cc(N)nc(SCC(=O)NCc2ccccc2F)n1. The molecule has 0 aliphatic heterocycles. The first-order chi connectivity index (χ1) is 10.0. The molecular formula is C13H14FN5OS. The molecule has 21 heavy (non-hydrogen) atoms. The molecule has 0 aliphatic rings. The number of rotatable bonds is 5. The molecule has 0 saturated heterocycles. The van der Waals surface area contributed by atoms with Crippen molar-refractivity contribution in [2.24, 2.45) is 0 Å². The number of nitrogens with two attached hydrogens (primary N) is 2. The van der Waals surface area contributed by atoms with Gasteiger partial charge in [0, 0.05) is 18.2 Å². The van der Waals surface area contributed by atoms with Gasteiger partial charge in [0.2, 0.25) is 5.91 Å². The minimum atomic E-state index is -0.350. The summed E-state index contributed by atoms with van der Waals surface area (Å²) in [5.74, 6) is -0.0177. The summed E-state index contributed by atoms with van der Waals surface area (Å²) in [6, 6.07) is 7.70. The van der Waals surface area contributed by atoms with Crippen LogP contribution < -0.4 is 16.8 Å². The molecule has 2 rings (SSSR count). The Morgan fingerprint density at radius 2 is 1.90 bits per heavy atom. The maximum atomic E-state index is 13.4. The molecule has 1 heterocycles. The van der Waals surface area contributed by atoms with Crippen molar-refractivity contribution >= 4 is 29.3 Å². The molecule has 5 N–H and O–H groups in total. The highest BCUT2D eigenvalue weighted by atomic mass is 32.2. The highest BCUT2D eigenvalue weighted by molar-refractivity contribution is 7.99. The van der Waals surface area contributed by atoms with E-state index in [0.717, 1.165) is 11.8 Å². The Hall–Kier alpha value is -2.35. The van der Waals surface area contributed by atoms with Gasteiger partial charge in [-0.3, -0.25) is 4.79 Å². The quantitative estimate of drug-likeness (QED) is 0.566. The number of nitrogens with one attached hydrogen (secondary N) is 1. The Morgan fingerprint density at radius 1 is 1.24 bits per heavy atom. The fourth-order valence-electron chi connectivity index (χ4n) is 1.54. The highest BCUT2D eigenvalue weighted by Gasteiger charge is 2.07. The smallest absolute Gasteiger partial charge is 0.230 e. The summed E-state index contributed by atoms with van der Waals surface area (Å²) in [4.78, 5) is 19.6. The van der Waals surface area contributed by atoms with E-state index >= 15 is 0 Å². The van der Waals surface area contributed by atoms with Gasteiger partial charge in [-0.25, -0.2) is 14.4 Å². The molecule has 0 aliphatic carbocycles. The second-order valence-electron chi connectivity index (χ2n) is 4.16. The number of nitrogens with zero attached hydrogens (tertiary/aromatic N) is 2. The van der Waals surface area contributed by atoms with Crippen molar-refractivity contribution in [3.8, 4) is 0 Å². The summed E-state index contributed by atoms with van der Waals surface area (Å²) in [6.07, 6.45) is 0. The molecule has 0 fully saturated rings. The van der Waals surface area contributed by atoms with Crippen molar-refractivity contribution < 1.29 is 9.18 Å². The van der Waals surface area contributed by atoms with Gasteiger partial charge < -0.3 is 16.8 Å². The van der Waals surface area contributed by atoms with Gasteiger partial charge in [-0.15, -0.1) is 0 Å². The molecule has 0 atom stereocenters. The molecule has 110 valence electrons. The lowest BCUT2D eigenvalue weighted by Crippen LogP contribution is -2.25. The number of hydrogen-bond acceptors (Lipinski definition) is 6. The number of nitrogen functional groups attached to an aromatic ring is 2. The van der Waals surface area contributed by atoms with E-state index in [1.807, 2.05) is 0 Å². The molecule has 0 radical (unpaired) electrons. The van der Waals surface area contributed by atoms with Crippen molar-refractivity contribution in [3.05, 3.63) is 41.7 Å². The first-order valence-corrected chi connectivity index (χ1v) is 7.06. The largest absolute Gasteiger partial charge is 0.383 e. The van der Waals surface area contributed by atoms with Crippen LogP contribution in [0.15, 0.2) is 35.5 Å². The van der Waals surface area contributed by atoms with Gasteiger partial charge in [0.05, 0.1) is 5.75 Å². The third kappa shape index (κ3) is 4.60. The number of carbonyl (C=O) groups is 1. The topological polar surface area (TPSA) is 107 Å². The number of amides is 1. The summed E-state index contributed by atoms with van der Waals surface area (Å²) in [5.41, 5.74) is 11.5. The number of aromatic nitrogens is 2. The van der Waals surface area contributed by atoms with E-state index in [1.54, 1.807) is 18.2 Å². The molecule has 0 spiro atoms. The number of carbonyl (C=O) groups excluding carboxylic acids is 1. The standard InChI is InChI=1S/C13H14FN5OS/c14-9-4-2-1-3-8(9)6-17-12(20)7-21-13-18-10(15)5-11(16)19-13/h1-5H,6-7H2,(H,17,20)(H4,15,16,18,19). The monoisotopic (exact) mass is 307 g/mol. The molecule has 0 unspecified atom stereocenters. The number of anilines is 2. The summed E-state index contributed by atoms with van der Waals surface area (Å²) < 4.78 is 13.4. The van der Waals surface area contributed by atoms with Crippen LogP contribution in [0.25, 0.3) is 0 Å². The maximum Gasteiger partial charge on any atom is 0.230 e. The molecule has 2 aromatic rings. The normalized spacial score (nSPS) is 10.3. The van der Waals surface area contributed by atoms with Crippen LogP contribution in [-0.2, 0) is 11.3 Å². The van der Waals surface area contributed by atoms with E-state index < -0.39 is 0 Å². The van der Waals surface area contributed by atoms with Gasteiger partial charge in [-0.2, -0.15) is 0 Å². The molecule has 0 saturated carbocycles. The first kappa shape index (κ1) is 15.0. The van der Waals surface area contributed by atoms with Crippen molar-refractivity contribution in [3.63, 3.8) is 0 Å². The molecule has 6 nitrogen and oxygen atoms in total. The lowest BCUT2D eigenvalue weighted by molar-refractivity contribution is -0.118. The average molecular weight is 307 g/mol. The lowest BCUT2D eigenvalue weighted by Gasteiger charge is -2.06. The average Bonchev–Trinajstić information content (AvgIpc) is 2.43. The number of benzene rings is 1. The predicted molar refractivity (Wildman–Crippen MR) is 79.8 cm³/mol. The van der Waals surface area contributed by atoms with Gasteiger partial charge >= 0.3 is 0 Å². The summed E-state index contributed by atoms with van der Waals surface area (Å²) in [6.45, 7) is 0.131. The maximum absolute atomic E-state index is 13.4. The van der Waals surface area contributed by atoms with Gasteiger partial charge in [-0.1, -0.05) is 30.0 Å². The summed E-state index contributed by atoms with van der Waals surface area (Å²) in [7, 11) is 0. The zero-order valence-corrected chi connectivity index (χ0v) is 11.9. The van der Waals surface area contributed by atoms with E-state index in [0.29, 0.717) is 10.7 Å². The van der Waals surface area contributed by atoms with E-state index in [4.69, 9.17) is 11.5 Å². The van der Waals surface area contributed by atoms with Crippen LogP contribution >= 0.6 is 11.8 Å². The van der Waals surface area contributed by atoms with Gasteiger partial charge in [0.1, 0.15) is 17.5 Å². The van der Waals surface area contributed by atoms with E-state index in [9.17, 15) is 9.18 Å². The molecule has 1 amide bonds. The number of thioether (sulfide) groups is 1. The van der Waals surface area contributed by atoms with Crippen molar-refractivity contribution in [1.82, 2.24) is 15.3 Å². The van der Waals surface area contributed by atoms with Gasteiger partial charge in [0.25, 0.3) is 0 Å². The second kappa shape index (κ2) is 6.89. The third-order valence-electron chi connectivity index (χ3n) is 2.51. The number of halogens is 1. The fraction of sp³-hybridized carbons (Fsp3) is 0.154. The Bertz CT molecular complexity index is 632. The minimum Gasteiger partial charge on any atom is -0.383 e.